The molecule has 1 N–H and O–H groups in total. The first-order valence-corrected chi connectivity index (χ1v) is 11.8. The van der Waals surface area contributed by atoms with Crippen LogP contribution in [0.25, 0.3) is 10.2 Å². The second-order valence-electron chi connectivity index (χ2n) is 7.16. The van der Waals surface area contributed by atoms with E-state index < -0.39 is 23.5 Å². The third-order valence-corrected chi connectivity index (χ3v) is 6.31. The van der Waals surface area contributed by atoms with E-state index in [2.05, 4.69) is 9.59 Å². The molecule has 2 aromatic rings. The van der Waals surface area contributed by atoms with Crippen LogP contribution in [0.1, 0.15) is 43.0 Å². The number of ether oxygens (including phenoxy) is 1. The molecule has 0 unspecified atom stereocenters. The van der Waals surface area contributed by atoms with Gasteiger partial charge in [0.1, 0.15) is 11.3 Å². The number of fused-ring (bicyclic) bond motifs is 1. The zero-order valence-corrected chi connectivity index (χ0v) is 18.8. The molecule has 0 atom stereocenters. The number of allylic oxidation sites excluding steroid dienone is 2. The Bertz CT molecular complexity index is 1040. The van der Waals surface area contributed by atoms with E-state index in [-0.39, 0.29) is 41.8 Å². The molecule has 0 aliphatic heterocycles. The summed E-state index contributed by atoms with van der Waals surface area (Å²) in [6.45, 7) is 1.91. The van der Waals surface area contributed by atoms with Crippen molar-refractivity contribution < 1.29 is 29.0 Å². The van der Waals surface area contributed by atoms with E-state index in [4.69, 9.17) is 4.74 Å². The van der Waals surface area contributed by atoms with Crippen LogP contribution < -0.4 is 0 Å². The Morgan fingerprint density at radius 2 is 1.87 bits per heavy atom. The molecule has 2 saturated carbocycles. The third kappa shape index (κ3) is 5.37. The van der Waals surface area contributed by atoms with Crippen molar-refractivity contribution in [2.75, 3.05) is 12.9 Å². The number of hydrogen-bond donors (Lipinski definition) is 1. The molecule has 4 rings (SSSR count). The van der Waals surface area contributed by atoms with Crippen molar-refractivity contribution in [1.82, 2.24) is 9.59 Å². The maximum atomic E-state index is 11.9. The number of aromatic nitrogens is 2. The molecule has 0 saturated heterocycles. The van der Waals surface area contributed by atoms with Gasteiger partial charge in [0.25, 0.3) is 0 Å². The molecular weight excluding hydrogens is 440 g/mol. The number of nitrogens with zero attached hydrogens (tertiary/aromatic N) is 2. The minimum atomic E-state index is -0.694. The number of ketones is 2. The largest absolute Gasteiger partial charge is 0.511 e. The number of carbonyl (C=O) groups excluding carboxylic acids is 4. The lowest BCUT2D eigenvalue weighted by molar-refractivity contribution is -0.151. The fourth-order valence-corrected chi connectivity index (χ4v) is 4.35. The van der Waals surface area contributed by atoms with Gasteiger partial charge in [0.15, 0.2) is 11.6 Å². The van der Waals surface area contributed by atoms with Crippen molar-refractivity contribution in [3.8, 4) is 0 Å². The summed E-state index contributed by atoms with van der Waals surface area (Å²) in [4.78, 5) is 46.6. The summed E-state index contributed by atoms with van der Waals surface area (Å²) in [5.74, 6) is -2.19. The van der Waals surface area contributed by atoms with Crippen molar-refractivity contribution in [2.45, 2.75) is 32.6 Å². The van der Waals surface area contributed by atoms with Crippen LogP contribution >= 0.6 is 23.3 Å². The number of carbonyl (C=O) groups is 4. The quantitative estimate of drug-likeness (QED) is 0.314. The average Bonchev–Trinajstić information content (AvgIpc) is 3.49. The maximum absolute atomic E-state index is 11.9. The lowest BCUT2D eigenvalue weighted by Gasteiger charge is -2.21. The van der Waals surface area contributed by atoms with E-state index in [1.807, 2.05) is 12.1 Å². The Morgan fingerprint density at radius 3 is 2.45 bits per heavy atom. The Labute approximate surface area is 187 Å². The number of aliphatic hydroxyl groups is 1. The number of hydrogen-bond acceptors (Lipinski definition) is 10. The fraction of sp³-hybridized carbons (Fsp3) is 0.429. The number of thioether (sulfide) groups is 1. The zero-order valence-electron chi connectivity index (χ0n) is 17.1. The van der Waals surface area contributed by atoms with E-state index in [0.29, 0.717) is 5.56 Å². The molecule has 1 heterocycles. The average molecular weight is 463 g/mol. The van der Waals surface area contributed by atoms with E-state index in [1.165, 1.54) is 23.3 Å². The highest BCUT2D eigenvalue weighted by atomic mass is 32.2. The number of Topliss-reactive ketones (excluding diaryl/α,β-unsaturated/α-hetero) is 2. The van der Waals surface area contributed by atoms with E-state index in [0.717, 1.165) is 23.1 Å². The van der Waals surface area contributed by atoms with Crippen molar-refractivity contribution in [3.63, 3.8) is 0 Å². The van der Waals surface area contributed by atoms with Gasteiger partial charge >= 0.3 is 5.97 Å². The molecule has 0 spiro atoms. The lowest BCUT2D eigenvalue weighted by atomic mass is 9.82. The van der Waals surface area contributed by atoms with Crippen LogP contribution in [0, 0.1) is 11.8 Å². The van der Waals surface area contributed by atoms with Gasteiger partial charge in [-0.3, -0.25) is 19.2 Å². The van der Waals surface area contributed by atoms with Crippen LogP contribution in [0.4, 0.5) is 0 Å². The van der Waals surface area contributed by atoms with Crippen LogP contribution in [0.3, 0.4) is 0 Å². The van der Waals surface area contributed by atoms with Gasteiger partial charge in [-0.05, 0) is 49.7 Å². The second-order valence-corrected chi connectivity index (χ2v) is 8.69. The van der Waals surface area contributed by atoms with Gasteiger partial charge < -0.3 is 9.84 Å². The predicted molar refractivity (Wildman–Crippen MR) is 117 cm³/mol. The highest BCUT2D eigenvalue weighted by Crippen LogP contribution is 2.38. The smallest absolute Gasteiger partial charge is 0.309 e. The van der Waals surface area contributed by atoms with E-state index in [9.17, 15) is 24.3 Å². The summed E-state index contributed by atoms with van der Waals surface area (Å²) in [6, 6.07) is 5.49. The number of rotatable bonds is 4. The molecule has 2 aliphatic rings. The van der Waals surface area contributed by atoms with Crippen molar-refractivity contribution in [2.24, 2.45) is 11.8 Å². The summed E-state index contributed by atoms with van der Waals surface area (Å²) < 4.78 is 9.50. The van der Waals surface area contributed by atoms with E-state index in [1.54, 1.807) is 19.2 Å². The first-order chi connectivity index (χ1) is 14.9. The van der Waals surface area contributed by atoms with Gasteiger partial charge in [-0.1, -0.05) is 22.3 Å². The Kier molecular flexibility index (Phi) is 7.55. The first kappa shape index (κ1) is 23.1. The molecule has 8 nitrogen and oxygen atoms in total. The highest BCUT2D eigenvalue weighted by molar-refractivity contribution is 8.13. The molecular formula is C21H22N2O6S2. The summed E-state index contributed by atoms with van der Waals surface area (Å²) in [6.07, 6.45) is 3.32. The molecule has 164 valence electrons. The van der Waals surface area contributed by atoms with Crippen LogP contribution in [-0.4, -0.2) is 50.2 Å². The lowest BCUT2D eigenvalue weighted by Crippen LogP contribution is -2.32. The van der Waals surface area contributed by atoms with Crippen LogP contribution in [0.5, 0.6) is 0 Å². The van der Waals surface area contributed by atoms with Crippen LogP contribution in [-0.2, 0) is 19.1 Å². The molecule has 0 radical (unpaired) electrons. The van der Waals surface area contributed by atoms with Gasteiger partial charge in [0.05, 0.1) is 22.8 Å². The minimum absolute atomic E-state index is 0.0351. The summed E-state index contributed by atoms with van der Waals surface area (Å²) >= 11 is 2.47. The molecule has 0 bridgehead atoms. The van der Waals surface area contributed by atoms with E-state index >= 15 is 0 Å². The topological polar surface area (TPSA) is 124 Å². The fourth-order valence-electron chi connectivity index (χ4n) is 3.23. The zero-order chi connectivity index (χ0) is 22.5. The van der Waals surface area contributed by atoms with Crippen LogP contribution in [0.15, 0.2) is 29.5 Å². The molecule has 2 fully saturated rings. The Hall–Kier alpha value is -2.59. The minimum Gasteiger partial charge on any atom is -0.511 e. The maximum Gasteiger partial charge on any atom is 0.309 e. The monoisotopic (exact) mass is 462 g/mol. The molecule has 2 aliphatic carbocycles. The highest BCUT2D eigenvalue weighted by Gasteiger charge is 2.40. The predicted octanol–water partition coefficient (Wildman–Crippen LogP) is 3.51. The normalized spacial score (nSPS) is 18.4. The summed E-state index contributed by atoms with van der Waals surface area (Å²) in [7, 11) is 0. The van der Waals surface area contributed by atoms with Crippen molar-refractivity contribution in [1.29, 1.82) is 0 Å². The molecule has 31 heavy (non-hydrogen) atoms. The Morgan fingerprint density at radius 1 is 1.19 bits per heavy atom. The van der Waals surface area contributed by atoms with Crippen molar-refractivity contribution in [3.05, 3.63) is 35.1 Å². The SMILES string of the molecule is CCOC(=O)C1CC(=O)C(=C(O)C2CC2)C(=O)C1.CSC(=O)c1cccc2nnsc12. The first-order valence-electron chi connectivity index (χ1n) is 9.82. The van der Waals surface area contributed by atoms with Gasteiger partial charge in [-0.15, -0.1) is 5.10 Å². The van der Waals surface area contributed by atoms with Crippen LogP contribution in [0.2, 0.25) is 0 Å². The second kappa shape index (κ2) is 10.1. The van der Waals surface area contributed by atoms with Gasteiger partial charge in [-0.2, -0.15) is 0 Å². The van der Waals surface area contributed by atoms with Gasteiger partial charge in [0, 0.05) is 24.3 Å². The van der Waals surface area contributed by atoms with Crippen molar-refractivity contribution >= 4 is 56.2 Å². The summed E-state index contributed by atoms with van der Waals surface area (Å²) in [5.41, 5.74) is 1.42. The third-order valence-electron chi connectivity index (χ3n) is 4.94. The molecule has 1 aromatic carbocycles. The number of benzene rings is 1. The number of aliphatic hydroxyl groups excluding tert-OH is 1. The van der Waals surface area contributed by atoms with Gasteiger partial charge in [0.2, 0.25) is 5.12 Å². The molecule has 0 amide bonds. The van der Waals surface area contributed by atoms with Gasteiger partial charge in [-0.25, -0.2) is 0 Å². The standard InChI is InChI=1S/C13H16O5.C8H6N2OS2/c1-2-18-13(17)8-5-9(14)11(10(15)6-8)12(16)7-3-4-7;1-12-8(11)5-3-2-4-6-7(5)13-10-9-6/h7-8,16H,2-6H2,1H3;2-4H,1H3. The molecule has 1 aromatic heterocycles. The number of esters is 1. The summed E-state index contributed by atoms with van der Waals surface area (Å²) in [5, 5.41) is 13.8. The molecule has 10 heteroatoms. The Balaban J connectivity index is 0.000000185.